The maximum atomic E-state index is 13.5. The Morgan fingerprint density at radius 1 is 1.30 bits per heavy atom. The molecule has 1 N–H and O–H groups in total. The molecule has 0 aliphatic carbocycles. The van der Waals surface area contributed by atoms with Crippen LogP contribution in [0.3, 0.4) is 0 Å². The number of nitrogens with one attached hydrogen (secondary N) is 1. The van der Waals surface area contributed by atoms with Crippen molar-refractivity contribution >= 4 is 27.3 Å². The van der Waals surface area contributed by atoms with E-state index in [9.17, 15) is 4.39 Å². The quantitative estimate of drug-likeness (QED) is 0.726. The predicted molar refractivity (Wildman–Crippen MR) is 88.9 cm³/mol. The highest BCUT2D eigenvalue weighted by Crippen LogP contribution is 2.36. The molecule has 0 saturated carbocycles. The third kappa shape index (κ3) is 3.30. The molecule has 1 aromatic carbocycles. The summed E-state index contributed by atoms with van der Waals surface area (Å²) in [5.74, 6) is -0.206. The van der Waals surface area contributed by atoms with Crippen molar-refractivity contribution in [2.75, 3.05) is 6.54 Å². The highest BCUT2D eigenvalue weighted by Gasteiger charge is 2.13. The first-order valence-corrected chi connectivity index (χ1v) is 8.46. The molecule has 0 radical (unpaired) electrons. The lowest BCUT2D eigenvalue weighted by atomic mass is 10.1. The van der Waals surface area contributed by atoms with Gasteiger partial charge in [-0.1, -0.05) is 13.8 Å². The first kappa shape index (κ1) is 15.7. The highest BCUT2D eigenvalue weighted by atomic mass is 79.9. The number of hydrogen-bond donors (Lipinski definition) is 1. The summed E-state index contributed by atoms with van der Waals surface area (Å²) < 4.78 is 14.0. The van der Waals surface area contributed by atoms with Gasteiger partial charge >= 0.3 is 0 Å². The van der Waals surface area contributed by atoms with Crippen molar-refractivity contribution in [3.05, 3.63) is 45.0 Å². The third-order valence-corrected chi connectivity index (χ3v) is 5.20. The first-order valence-electron chi connectivity index (χ1n) is 6.85. The van der Waals surface area contributed by atoms with Crippen molar-refractivity contribution in [1.82, 2.24) is 5.32 Å². The smallest absolute Gasteiger partial charge is 0.137 e. The van der Waals surface area contributed by atoms with Crippen LogP contribution in [-0.2, 0) is 0 Å². The largest absolute Gasteiger partial charge is 0.310 e. The standard InChI is InChI=1S/C16H19BrFNS/c1-4-14(19-5-2)16-7-6-15(20-16)11-9-12(17)13(18)8-10(11)3/h6-9,14,19H,4-5H2,1-3H3. The summed E-state index contributed by atoms with van der Waals surface area (Å²) in [4.78, 5) is 2.53. The fraction of sp³-hybridized carbons (Fsp3) is 0.375. The zero-order valence-corrected chi connectivity index (χ0v) is 14.4. The van der Waals surface area contributed by atoms with Crippen molar-refractivity contribution in [3.8, 4) is 10.4 Å². The Bertz CT molecular complexity index is 594. The van der Waals surface area contributed by atoms with E-state index >= 15 is 0 Å². The van der Waals surface area contributed by atoms with E-state index in [4.69, 9.17) is 0 Å². The van der Waals surface area contributed by atoms with Crippen LogP contribution in [-0.4, -0.2) is 6.54 Å². The lowest BCUT2D eigenvalue weighted by Gasteiger charge is -2.13. The van der Waals surface area contributed by atoms with Gasteiger partial charge in [-0.05, 0) is 71.2 Å². The van der Waals surface area contributed by atoms with Crippen molar-refractivity contribution in [2.45, 2.75) is 33.2 Å². The van der Waals surface area contributed by atoms with Gasteiger partial charge < -0.3 is 5.32 Å². The molecule has 2 aromatic rings. The van der Waals surface area contributed by atoms with E-state index < -0.39 is 0 Å². The van der Waals surface area contributed by atoms with Gasteiger partial charge in [-0.2, -0.15) is 0 Å². The fourth-order valence-electron chi connectivity index (χ4n) is 2.29. The van der Waals surface area contributed by atoms with Gasteiger partial charge in [0.05, 0.1) is 4.47 Å². The molecule has 1 heterocycles. The van der Waals surface area contributed by atoms with E-state index in [1.165, 1.54) is 9.75 Å². The Labute approximate surface area is 132 Å². The van der Waals surface area contributed by atoms with Gasteiger partial charge in [-0.15, -0.1) is 11.3 Å². The van der Waals surface area contributed by atoms with E-state index in [1.807, 2.05) is 13.0 Å². The minimum absolute atomic E-state index is 0.206. The van der Waals surface area contributed by atoms with Crippen LogP contribution in [0.2, 0.25) is 0 Å². The van der Waals surface area contributed by atoms with E-state index in [0.717, 1.165) is 24.1 Å². The Morgan fingerprint density at radius 3 is 2.70 bits per heavy atom. The van der Waals surface area contributed by atoms with E-state index in [2.05, 4.69) is 47.2 Å². The Kier molecular flexibility index (Phi) is 5.35. The summed E-state index contributed by atoms with van der Waals surface area (Å²) in [6.07, 6.45) is 1.07. The predicted octanol–water partition coefficient (Wildman–Crippen LogP) is 5.69. The number of thiophene rings is 1. The monoisotopic (exact) mass is 355 g/mol. The first-order chi connectivity index (χ1) is 9.56. The molecule has 2 rings (SSSR count). The number of benzene rings is 1. The summed E-state index contributed by atoms with van der Waals surface area (Å²) in [6, 6.07) is 8.16. The molecule has 1 aromatic heterocycles. The van der Waals surface area contributed by atoms with Crippen LogP contribution in [0.1, 0.15) is 36.8 Å². The third-order valence-electron chi connectivity index (χ3n) is 3.36. The van der Waals surface area contributed by atoms with Gasteiger partial charge in [-0.25, -0.2) is 4.39 Å². The zero-order chi connectivity index (χ0) is 14.7. The van der Waals surface area contributed by atoms with Gasteiger partial charge in [0, 0.05) is 15.8 Å². The van der Waals surface area contributed by atoms with Crippen LogP contribution in [0.15, 0.2) is 28.7 Å². The normalized spacial score (nSPS) is 12.7. The summed E-state index contributed by atoms with van der Waals surface area (Å²) in [5.41, 5.74) is 2.07. The lowest BCUT2D eigenvalue weighted by molar-refractivity contribution is 0.545. The van der Waals surface area contributed by atoms with Crippen LogP contribution in [0, 0.1) is 12.7 Å². The number of halogens is 2. The Hall–Kier alpha value is -0.710. The van der Waals surface area contributed by atoms with Crippen LogP contribution < -0.4 is 5.32 Å². The molecule has 108 valence electrons. The van der Waals surface area contributed by atoms with Gasteiger partial charge in [0.1, 0.15) is 5.82 Å². The minimum atomic E-state index is -0.206. The summed E-state index contributed by atoms with van der Waals surface area (Å²) in [7, 11) is 0. The lowest BCUT2D eigenvalue weighted by Crippen LogP contribution is -2.18. The summed E-state index contributed by atoms with van der Waals surface area (Å²) in [6.45, 7) is 7.23. The molecule has 0 aliphatic rings. The number of rotatable bonds is 5. The molecule has 1 atom stereocenters. The molecule has 0 amide bonds. The van der Waals surface area contributed by atoms with E-state index in [0.29, 0.717) is 10.5 Å². The maximum Gasteiger partial charge on any atom is 0.137 e. The van der Waals surface area contributed by atoms with Crippen LogP contribution >= 0.6 is 27.3 Å². The average Bonchev–Trinajstić information content (AvgIpc) is 2.89. The number of hydrogen-bond acceptors (Lipinski definition) is 2. The van der Waals surface area contributed by atoms with Gasteiger partial charge in [-0.3, -0.25) is 0 Å². The zero-order valence-electron chi connectivity index (χ0n) is 12.0. The summed E-state index contributed by atoms with van der Waals surface area (Å²) >= 11 is 5.05. The average molecular weight is 356 g/mol. The highest BCUT2D eigenvalue weighted by molar-refractivity contribution is 9.10. The fourth-order valence-corrected chi connectivity index (χ4v) is 3.88. The molecule has 20 heavy (non-hydrogen) atoms. The molecule has 0 spiro atoms. The second-order valence-electron chi connectivity index (χ2n) is 4.80. The maximum absolute atomic E-state index is 13.5. The molecule has 4 heteroatoms. The van der Waals surface area contributed by atoms with E-state index in [1.54, 1.807) is 17.4 Å². The second kappa shape index (κ2) is 6.83. The topological polar surface area (TPSA) is 12.0 Å². The minimum Gasteiger partial charge on any atom is -0.310 e. The van der Waals surface area contributed by atoms with Crippen LogP contribution in [0.4, 0.5) is 4.39 Å². The van der Waals surface area contributed by atoms with Gasteiger partial charge in [0.15, 0.2) is 0 Å². The Morgan fingerprint density at radius 2 is 2.05 bits per heavy atom. The molecule has 0 saturated heterocycles. The number of aryl methyl sites for hydroxylation is 1. The SMILES string of the molecule is CCNC(CC)c1ccc(-c2cc(Br)c(F)cc2C)s1. The second-order valence-corrected chi connectivity index (χ2v) is 6.77. The van der Waals surface area contributed by atoms with Crippen molar-refractivity contribution in [3.63, 3.8) is 0 Å². The molecule has 1 nitrogen and oxygen atoms in total. The van der Waals surface area contributed by atoms with Crippen molar-refractivity contribution in [1.29, 1.82) is 0 Å². The molecular formula is C16H19BrFNS. The summed E-state index contributed by atoms with van der Waals surface area (Å²) in [5, 5.41) is 3.49. The van der Waals surface area contributed by atoms with Crippen LogP contribution in [0.25, 0.3) is 10.4 Å². The Balaban J connectivity index is 2.35. The molecule has 1 unspecified atom stereocenters. The van der Waals surface area contributed by atoms with Crippen molar-refractivity contribution in [2.24, 2.45) is 0 Å². The van der Waals surface area contributed by atoms with Crippen molar-refractivity contribution < 1.29 is 4.39 Å². The molecule has 0 bridgehead atoms. The molecule has 0 fully saturated rings. The molecular weight excluding hydrogens is 337 g/mol. The van der Waals surface area contributed by atoms with E-state index in [-0.39, 0.29) is 5.82 Å². The van der Waals surface area contributed by atoms with Gasteiger partial charge in [0.2, 0.25) is 0 Å². The van der Waals surface area contributed by atoms with Gasteiger partial charge in [0.25, 0.3) is 0 Å². The molecule has 0 aliphatic heterocycles. The van der Waals surface area contributed by atoms with Crippen LogP contribution in [0.5, 0.6) is 0 Å².